The van der Waals surface area contributed by atoms with Crippen molar-refractivity contribution in [2.45, 2.75) is 79.9 Å². The van der Waals surface area contributed by atoms with E-state index in [1.165, 1.54) is 0 Å². The number of alkyl halides is 16. The van der Waals surface area contributed by atoms with Crippen LogP contribution < -0.4 is 0 Å². The molecule has 0 N–H and O–H groups in total. The highest BCUT2D eigenvalue weighted by Crippen LogP contribution is 2.45. The molecule has 36 heavy (non-hydrogen) atoms. The van der Waals surface area contributed by atoms with Crippen LogP contribution in [0.3, 0.4) is 0 Å². The van der Waals surface area contributed by atoms with E-state index in [1.807, 2.05) is 0 Å². The number of ether oxygens (including phenoxy) is 2. The fraction of sp³-hybridized carbons (Fsp3) is 1.00. The Morgan fingerprint density at radius 1 is 0.778 bits per heavy atom. The molecule has 1 rings (SSSR count). The molecule has 0 aromatic rings. The lowest BCUT2D eigenvalue weighted by Crippen LogP contribution is -2.68. The quantitative estimate of drug-likeness (QED) is 0.256. The van der Waals surface area contributed by atoms with Gasteiger partial charge in [0, 0.05) is 13.1 Å². The third kappa shape index (κ3) is 8.09. The van der Waals surface area contributed by atoms with Crippen molar-refractivity contribution < 1.29 is 79.7 Å². The summed E-state index contributed by atoms with van der Waals surface area (Å²) in [6.07, 6.45) is -35.0. The highest BCUT2D eigenvalue weighted by atomic mass is 31.0. The smallest absolute Gasteiger partial charge is 0.366 e. The monoisotopic (exact) mass is 591 g/mol. The average Bonchev–Trinajstić information content (AvgIpc) is 2.63. The number of rotatable bonds is 8. The maximum atomic E-state index is 14.9. The normalized spacial score (nSPS) is 24.5. The molecule has 1 fully saturated rings. The molecule has 3 nitrogen and oxygen atoms in total. The van der Waals surface area contributed by atoms with Gasteiger partial charge in [0.15, 0.2) is 18.2 Å². The Morgan fingerprint density at radius 3 is 1.50 bits per heavy atom. The molecule has 0 radical (unpaired) electrons. The van der Waals surface area contributed by atoms with E-state index >= 15 is 0 Å². The third-order valence-corrected chi connectivity index (χ3v) is 5.85. The van der Waals surface area contributed by atoms with Crippen LogP contribution in [-0.2, 0) is 9.47 Å². The minimum atomic E-state index is -6.25. The van der Waals surface area contributed by atoms with Crippen molar-refractivity contribution in [2.24, 2.45) is 0 Å². The van der Waals surface area contributed by atoms with Gasteiger partial charge in [-0.15, -0.1) is 9.24 Å². The zero-order valence-corrected chi connectivity index (χ0v) is 18.8. The Balaban J connectivity index is 3.37. The van der Waals surface area contributed by atoms with Crippen LogP contribution in [0.1, 0.15) is 13.3 Å². The van der Waals surface area contributed by atoms with Crippen LogP contribution in [-0.4, -0.2) is 91.2 Å². The van der Waals surface area contributed by atoms with Crippen LogP contribution in [0.5, 0.6) is 0 Å². The van der Waals surface area contributed by atoms with E-state index in [0.717, 1.165) is 0 Å². The number of halogens is 16. The number of morpholine rings is 1. The first-order valence-corrected chi connectivity index (χ1v) is 10.2. The van der Waals surface area contributed by atoms with Gasteiger partial charge in [-0.05, 0) is 6.42 Å². The van der Waals surface area contributed by atoms with E-state index in [-0.39, 0.29) is 0 Å². The molecule has 0 spiro atoms. The summed E-state index contributed by atoms with van der Waals surface area (Å²) >= 11 is 0. The maximum Gasteiger partial charge on any atom is 0.415 e. The molecule has 20 heteroatoms. The fourth-order valence-corrected chi connectivity index (χ4v) is 3.34. The topological polar surface area (TPSA) is 21.7 Å². The van der Waals surface area contributed by atoms with Crippen LogP contribution >= 0.6 is 9.24 Å². The Morgan fingerprint density at radius 2 is 1.19 bits per heavy atom. The van der Waals surface area contributed by atoms with E-state index in [0.29, 0.717) is 16.2 Å². The van der Waals surface area contributed by atoms with Crippen molar-refractivity contribution in [3.05, 3.63) is 0 Å². The zero-order valence-electron chi connectivity index (χ0n) is 17.6. The number of nitrogens with zero attached hydrogens (tertiary/aromatic N) is 1. The van der Waals surface area contributed by atoms with Crippen molar-refractivity contribution in [3.8, 4) is 0 Å². The second-order valence-electron chi connectivity index (χ2n) is 7.76. The molecule has 1 aliphatic heterocycles. The third-order valence-electron chi connectivity index (χ3n) is 4.98. The van der Waals surface area contributed by atoms with Gasteiger partial charge in [0.2, 0.25) is 0 Å². The van der Waals surface area contributed by atoms with Gasteiger partial charge in [-0.25, -0.2) is 17.6 Å². The molecule has 6 atom stereocenters. The highest BCUT2D eigenvalue weighted by Gasteiger charge is 2.66. The molecular formula is C16H18F16NO2P. The van der Waals surface area contributed by atoms with Gasteiger partial charge < -0.3 is 9.47 Å². The lowest BCUT2D eigenvalue weighted by Gasteiger charge is -2.46. The van der Waals surface area contributed by atoms with Crippen molar-refractivity contribution in [3.63, 3.8) is 0 Å². The second-order valence-corrected chi connectivity index (χ2v) is 8.42. The summed E-state index contributed by atoms with van der Waals surface area (Å²) in [6.45, 7) is -6.16. The highest BCUT2D eigenvalue weighted by molar-refractivity contribution is 7.17. The summed E-state index contributed by atoms with van der Waals surface area (Å²) in [4.78, 5) is -0.905. The molecule has 1 saturated heterocycles. The summed E-state index contributed by atoms with van der Waals surface area (Å²) in [5.41, 5.74) is -3.58. The summed E-state index contributed by atoms with van der Waals surface area (Å²) in [6, 6.07) is -4.43. The fourth-order valence-electron chi connectivity index (χ4n) is 3.24. The number of hydrogen-bond acceptors (Lipinski definition) is 3. The minimum absolute atomic E-state index is 0.627. The maximum absolute atomic E-state index is 14.9. The molecule has 0 saturated carbocycles. The van der Waals surface area contributed by atoms with E-state index < -0.39 is 97.6 Å². The predicted octanol–water partition coefficient (Wildman–Crippen LogP) is 5.98. The lowest BCUT2D eigenvalue weighted by atomic mass is 9.97. The Kier molecular flexibility index (Phi) is 9.92. The minimum Gasteiger partial charge on any atom is -0.366 e. The van der Waals surface area contributed by atoms with Gasteiger partial charge in [0.1, 0.15) is 18.4 Å². The van der Waals surface area contributed by atoms with Crippen molar-refractivity contribution in [1.82, 2.24) is 4.90 Å². The van der Waals surface area contributed by atoms with E-state index in [1.54, 1.807) is 0 Å². The molecule has 0 amide bonds. The SMILES string of the molecule is CCC(OCC(F)(F)C(P)C(F)(F)F)C(F)(F)C(N1CC(C(F)(F)F)OC(C(F)(F)F)C1)C(F)(F)F. The molecule has 0 aliphatic carbocycles. The standard InChI is InChI=1S/C16H18F16NO2P/c1-2-6(34-5-11(17,18)10(36)16(30,31)32)12(19,20)9(15(27,28)29)33-3-7(13(21,22)23)35-8(4-33)14(24,25)26/h6-10H,2-5,36H2,1H3. The summed E-state index contributed by atoms with van der Waals surface area (Å²) in [5.74, 6) is -10.5. The van der Waals surface area contributed by atoms with Gasteiger partial charge in [0.25, 0.3) is 11.8 Å². The Bertz CT molecular complexity index is 697. The van der Waals surface area contributed by atoms with Crippen LogP contribution in [0.25, 0.3) is 0 Å². The molecule has 0 bridgehead atoms. The molecule has 0 aromatic heterocycles. The van der Waals surface area contributed by atoms with E-state index in [2.05, 4.69) is 9.47 Å². The van der Waals surface area contributed by atoms with Crippen LogP contribution in [0.2, 0.25) is 0 Å². The van der Waals surface area contributed by atoms with Crippen LogP contribution in [0, 0.1) is 0 Å². The zero-order chi connectivity index (χ0) is 28.7. The summed E-state index contributed by atoms with van der Waals surface area (Å²) in [7, 11) is 0.656. The molecule has 1 heterocycles. The first kappa shape index (κ1) is 33.2. The number of hydrogen-bond donors (Lipinski definition) is 0. The van der Waals surface area contributed by atoms with E-state index in [4.69, 9.17) is 0 Å². The van der Waals surface area contributed by atoms with Gasteiger partial charge in [0.05, 0.1) is 0 Å². The Hall–Kier alpha value is -0.810. The molecule has 6 unspecified atom stereocenters. The van der Waals surface area contributed by atoms with Gasteiger partial charge >= 0.3 is 24.7 Å². The van der Waals surface area contributed by atoms with Crippen molar-refractivity contribution in [1.29, 1.82) is 0 Å². The first-order chi connectivity index (χ1) is 15.8. The molecule has 216 valence electrons. The van der Waals surface area contributed by atoms with Crippen molar-refractivity contribution in [2.75, 3.05) is 19.7 Å². The average molecular weight is 591 g/mol. The van der Waals surface area contributed by atoms with Gasteiger partial charge in [-0.2, -0.15) is 52.7 Å². The van der Waals surface area contributed by atoms with Gasteiger partial charge in [-0.1, -0.05) is 6.92 Å². The molecular weight excluding hydrogens is 573 g/mol. The van der Waals surface area contributed by atoms with E-state index in [9.17, 15) is 70.2 Å². The largest absolute Gasteiger partial charge is 0.415 e. The summed E-state index contributed by atoms with van der Waals surface area (Å²) < 4.78 is 221. The Labute approximate surface area is 194 Å². The first-order valence-electron chi connectivity index (χ1n) is 9.55. The van der Waals surface area contributed by atoms with Crippen LogP contribution in [0.4, 0.5) is 70.2 Å². The predicted molar refractivity (Wildman–Crippen MR) is 91.7 cm³/mol. The van der Waals surface area contributed by atoms with Crippen LogP contribution in [0.15, 0.2) is 0 Å². The lowest BCUT2D eigenvalue weighted by molar-refractivity contribution is -0.335. The molecule has 0 aromatic carbocycles. The molecule has 1 aliphatic rings. The second kappa shape index (κ2) is 10.8. The van der Waals surface area contributed by atoms with Gasteiger partial charge in [-0.3, -0.25) is 4.90 Å². The van der Waals surface area contributed by atoms with Crippen molar-refractivity contribution >= 4 is 9.24 Å². The summed E-state index contributed by atoms with van der Waals surface area (Å²) in [5, 5.41) is 0.